The van der Waals surface area contributed by atoms with Crippen LogP contribution in [0.5, 0.6) is 0 Å². The lowest BCUT2D eigenvalue weighted by molar-refractivity contribution is -0.137. The topological polar surface area (TPSA) is 42.0 Å². The summed E-state index contributed by atoms with van der Waals surface area (Å²) in [4.78, 5) is 14.3. The zero-order valence-corrected chi connectivity index (χ0v) is 8.99. The number of nitrogens with one attached hydrogen (secondary N) is 1. The van der Waals surface area contributed by atoms with Gasteiger partial charge in [-0.05, 0) is 6.07 Å². The van der Waals surface area contributed by atoms with Gasteiger partial charge in [0.2, 0.25) is 5.91 Å². The molecule has 1 amide bonds. The van der Waals surface area contributed by atoms with E-state index in [2.05, 4.69) is 10.3 Å². The Morgan fingerprint density at radius 3 is 2.69 bits per heavy atom. The minimum Gasteiger partial charge on any atom is -0.325 e. The molecular formula is C9H8ClF3N2O. The van der Waals surface area contributed by atoms with Gasteiger partial charge in [-0.15, -0.1) is 0 Å². The lowest BCUT2D eigenvalue weighted by atomic mass is 10.2. The van der Waals surface area contributed by atoms with E-state index in [1.807, 2.05) is 0 Å². The van der Waals surface area contributed by atoms with E-state index in [1.165, 1.54) is 0 Å². The zero-order valence-electron chi connectivity index (χ0n) is 8.23. The van der Waals surface area contributed by atoms with Crippen molar-refractivity contribution >= 4 is 23.2 Å². The molecule has 3 nitrogen and oxygen atoms in total. The molecule has 0 aliphatic carbocycles. The first-order chi connectivity index (χ1) is 7.34. The van der Waals surface area contributed by atoms with Gasteiger partial charge in [0.1, 0.15) is 5.15 Å². The number of alkyl halides is 3. The van der Waals surface area contributed by atoms with Crippen LogP contribution in [-0.4, -0.2) is 10.9 Å². The van der Waals surface area contributed by atoms with Gasteiger partial charge in [-0.3, -0.25) is 4.79 Å². The van der Waals surface area contributed by atoms with Crippen LogP contribution >= 0.6 is 11.6 Å². The Kier molecular flexibility index (Phi) is 3.74. The first kappa shape index (κ1) is 12.8. The van der Waals surface area contributed by atoms with Crippen molar-refractivity contribution in [3.05, 3.63) is 23.0 Å². The summed E-state index contributed by atoms with van der Waals surface area (Å²) in [6, 6.07) is 0.753. The van der Waals surface area contributed by atoms with Gasteiger partial charge in [-0.1, -0.05) is 18.5 Å². The molecule has 1 aromatic rings. The fourth-order valence-electron chi connectivity index (χ4n) is 0.965. The van der Waals surface area contributed by atoms with Crippen molar-refractivity contribution in [1.82, 2.24) is 4.98 Å². The summed E-state index contributed by atoms with van der Waals surface area (Å²) in [6.45, 7) is 1.59. The molecule has 1 N–H and O–H groups in total. The van der Waals surface area contributed by atoms with E-state index in [1.54, 1.807) is 6.92 Å². The molecule has 0 saturated carbocycles. The van der Waals surface area contributed by atoms with Gasteiger partial charge in [0.15, 0.2) is 0 Å². The first-order valence-electron chi connectivity index (χ1n) is 4.37. The molecule has 1 heterocycles. The number of anilines is 1. The molecule has 0 bridgehead atoms. The second-order valence-corrected chi connectivity index (χ2v) is 3.32. The normalized spacial score (nSPS) is 11.3. The molecule has 0 radical (unpaired) electrons. The van der Waals surface area contributed by atoms with Crippen molar-refractivity contribution in [2.75, 3.05) is 5.32 Å². The smallest absolute Gasteiger partial charge is 0.325 e. The SMILES string of the molecule is CCC(=O)Nc1cnc(Cl)c(C(F)(F)F)c1. The Labute approximate surface area is 94.6 Å². The van der Waals surface area contributed by atoms with Crippen LogP contribution < -0.4 is 5.32 Å². The van der Waals surface area contributed by atoms with Crippen LogP contribution in [-0.2, 0) is 11.0 Å². The molecule has 0 aliphatic rings. The van der Waals surface area contributed by atoms with Gasteiger partial charge in [0.05, 0.1) is 17.4 Å². The van der Waals surface area contributed by atoms with Crippen LogP contribution in [0.1, 0.15) is 18.9 Å². The summed E-state index contributed by atoms with van der Waals surface area (Å²) < 4.78 is 37.2. The van der Waals surface area contributed by atoms with E-state index < -0.39 is 22.8 Å². The summed E-state index contributed by atoms with van der Waals surface area (Å²) in [5, 5.41) is 1.63. The van der Waals surface area contributed by atoms with Gasteiger partial charge < -0.3 is 5.32 Å². The number of carbonyl (C=O) groups excluding carboxylic acids is 1. The summed E-state index contributed by atoms with van der Waals surface area (Å²) in [5.41, 5.74) is -1.09. The maximum absolute atomic E-state index is 12.4. The number of hydrogen-bond donors (Lipinski definition) is 1. The molecule has 0 spiro atoms. The highest BCUT2D eigenvalue weighted by Crippen LogP contribution is 2.34. The van der Waals surface area contributed by atoms with E-state index in [0.717, 1.165) is 12.3 Å². The lowest BCUT2D eigenvalue weighted by Gasteiger charge is -2.10. The van der Waals surface area contributed by atoms with Gasteiger partial charge >= 0.3 is 6.18 Å². The Balaban J connectivity index is 3.03. The standard InChI is InChI=1S/C9H8ClF3N2O/c1-2-7(16)15-5-3-6(9(11,12)13)8(10)14-4-5/h3-4H,2H2,1H3,(H,15,16). The largest absolute Gasteiger partial charge is 0.419 e. The van der Waals surface area contributed by atoms with Crippen LogP contribution in [0.25, 0.3) is 0 Å². The second-order valence-electron chi connectivity index (χ2n) is 2.96. The van der Waals surface area contributed by atoms with Crippen LogP contribution in [0.15, 0.2) is 12.3 Å². The molecule has 16 heavy (non-hydrogen) atoms. The first-order valence-corrected chi connectivity index (χ1v) is 4.75. The third-order valence-electron chi connectivity index (χ3n) is 1.75. The van der Waals surface area contributed by atoms with Crippen molar-refractivity contribution in [3.8, 4) is 0 Å². The molecule has 1 aromatic heterocycles. The van der Waals surface area contributed by atoms with Crippen LogP contribution in [0.2, 0.25) is 5.15 Å². The van der Waals surface area contributed by atoms with E-state index in [9.17, 15) is 18.0 Å². The van der Waals surface area contributed by atoms with Crippen molar-refractivity contribution in [2.24, 2.45) is 0 Å². The average Bonchev–Trinajstić information content (AvgIpc) is 2.19. The Morgan fingerprint density at radius 2 is 2.19 bits per heavy atom. The van der Waals surface area contributed by atoms with Crippen molar-refractivity contribution in [2.45, 2.75) is 19.5 Å². The van der Waals surface area contributed by atoms with Crippen LogP contribution in [0, 0.1) is 0 Å². The van der Waals surface area contributed by atoms with E-state index in [-0.39, 0.29) is 12.1 Å². The second kappa shape index (κ2) is 4.69. The third-order valence-corrected chi connectivity index (χ3v) is 2.05. The maximum atomic E-state index is 12.4. The van der Waals surface area contributed by atoms with E-state index in [0.29, 0.717) is 0 Å². The number of carbonyl (C=O) groups is 1. The van der Waals surface area contributed by atoms with Gasteiger partial charge in [0.25, 0.3) is 0 Å². The molecular weight excluding hydrogens is 245 g/mol. The molecule has 0 aromatic carbocycles. The summed E-state index contributed by atoms with van der Waals surface area (Å²) in [5.74, 6) is -0.391. The highest BCUT2D eigenvalue weighted by Gasteiger charge is 2.34. The van der Waals surface area contributed by atoms with Crippen LogP contribution in [0.3, 0.4) is 0 Å². The molecule has 88 valence electrons. The Hall–Kier alpha value is -1.30. The number of halogens is 4. The quantitative estimate of drug-likeness (QED) is 0.822. The summed E-state index contributed by atoms with van der Waals surface area (Å²) in [6.07, 6.45) is -3.34. The minimum atomic E-state index is -4.59. The Morgan fingerprint density at radius 1 is 1.56 bits per heavy atom. The van der Waals surface area contributed by atoms with Crippen molar-refractivity contribution in [3.63, 3.8) is 0 Å². The summed E-state index contributed by atoms with van der Waals surface area (Å²) in [7, 11) is 0. The predicted molar refractivity (Wildman–Crippen MR) is 53.2 cm³/mol. The van der Waals surface area contributed by atoms with E-state index >= 15 is 0 Å². The molecule has 1 rings (SSSR count). The highest BCUT2D eigenvalue weighted by atomic mass is 35.5. The number of rotatable bonds is 2. The fourth-order valence-corrected chi connectivity index (χ4v) is 1.18. The molecule has 0 atom stereocenters. The number of aromatic nitrogens is 1. The number of amides is 1. The number of nitrogens with zero attached hydrogens (tertiary/aromatic N) is 1. The maximum Gasteiger partial charge on any atom is 0.419 e. The molecule has 0 unspecified atom stereocenters. The number of hydrogen-bond acceptors (Lipinski definition) is 2. The van der Waals surface area contributed by atoms with Crippen molar-refractivity contribution < 1.29 is 18.0 Å². The lowest BCUT2D eigenvalue weighted by Crippen LogP contribution is -2.12. The highest BCUT2D eigenvalue weighted by molar-refractivity contribution is 6.30. The van der Waals surface area contributed by atoms with Gasteiger partial charge in [0, 0.05) is 6.42 Å². The third kappa shape index (κ3) is 3.10. The fraction of sp³-hybridized carbons (Fsp3) is 0.333. The molecule has 0 saturated heterocycles. The minimum absolute atomic E-state index is 0.0245. The number of pyridine rings is 1. The molecule has 0 aliphatic heterocycles. The Bertz CT molecular complexity index is 406. The van der Waals surface area contributed by atoms with Crippen molar-refractivity contribution in [1.29, 1.82) is 0 Å². The molecule has 0 fully saturated rings. The summed E-state index contributed by atoms with van der Waals surface area (Å²) >= 11 is 5.31. The van der Waals surface area contributed by atoms with Gasteiger partial charge in [-0.25, -0.2) is 4.98 Å². The monoisotopic (exact) mass is 252 g/mol. The van der Waals surface area contributed by atoms with Crippen LogP contribution in [0.4, 0.5) is 18.9 Å². The molecule has 7 heteroatoms. The zero-order chi connectivity index (χ0) is 12.3. The predicted octanol–water partition coefficient (Wildman–Crippen LogP) is 3.10. The van der Waals surface area contributed by atoms with Gasteiger partial charge in [-0.2, -0.15) is 13.2 Å². The van der Waals surface area contributed by atoms with E-state index in [4.69, 9.17) is 11.6 Å². The average molecular weight is 253 g/mol.